The monoisotopic (exact) mass is 1870 g/mol. The van der Waals surface area contributed by atoms with Crippen molar-refractivity contribution in [3.8, 4) is 195 Å². The molecule has 134 heavy (non-hydrogen) atoms. The summed E-state index contributed by atoms with van der Waals surface area (Å²) in [5, 5.41) is 305. The van der Waals surface area contributed by atoms with E-state index in [9.17, 15) is 177 Å². The van der Waals surface area contributed by atoms with E-state index in [4.69, 9.17) is 61.6 Å². The van der Waals surface area contributed by atoms with E-state index in [1.54, 1.807) is 0 Å². The Morgan fingerprint density at radius 2 is 0.530 bits per heavy atom. The lowest BCUT2D eigenvalue weighted by atomic mass is 9.90. The number of cyclic esters (lactones) is 2. The molecule has 10 atom stereocenters. The molecule has 14 rings (SSSR count). The SMILES string of the molecule is Cc1c(O)cc2c(c1O)-c1c(cc(O)c(O)c1O)C(=O)OCC1OC(OC(=O)c3cc(O)c(O)c(O)c3Oc3cc(C(=O)OC4OC5COC(=O)c6cc(O)c(O)c(O)c6-c6c(cc(O)c(O)c6O)C(=O)OC5C(OC(=O)c5cc(O)c(O)c(O)c5)C4OC(=O)c4cc(O)c(O)c(O)c4)cc(O)c3O)C(OC(=O)c3cc(O)c(O)c(O)c3)C(OC(=O)c3cc(O)c(O)c(O)c3)C1OC2=O. The minimum Gasteiger partial charge on any atom is -0.508 e. The van der Waals surface area contributed by atoms with Crippen LogP contribution in [0.5, 0.6) is 172 Å². The number of ether oxygens (including phenoxy) is 13. The molecule has 51 nitrogen and oxygen atoms in total. The van der Waals surface area contributed by atoms with Crippen LogP contribution in [0.1, 0.15) is 109 Å². The van der Waals surface area contributed by atoms with Crippen LogP contribution in [0.2, 0.25) is 0 Å². The maximum Gasteiger partial charge on any atom is 0.344 e. The molecule has 51 heteroatoms. The molecular formula is C83H60O51. The third kappa shape index (κ3) is 16.3. The lowest BCUT2D eigenvalue weighted by Crippen LogP contribution is -2.63. The van der Waals surface area contributed by atoms with Crippen LogP contribution in [0.4, 0.5) is 0 Å². The van der Waals surface area contributed by atoms with E-state index >= 15 is 14.4 Å². The first-order valence-corrected chi connectivity index (χ1v) is 37.3. The molecule has 2 saturated heterocycles. The number of rotatable bonds is 14. The molecule has 0 saturated carbocycles. The van der Waals surface area contributed by atoms with Crippen LogP contribution in [0, 0.1) is 6.92 Å². The second-order valence-electron chi connectivity index (χ2n) is 29.0. The number of aromatic hydroxyl groups is 28. The van der Waals surface area contributed by atoms with Gasteiger partial charge in [0.1, 0.15) is 42.5 Å². The van der Waals surface area contributed by atoms with E-state index < -0.39 is 390 Å². The minimum absolute atomic E-state index is 0.120. The second kappa shape index (κ2) is 34.3. The fourth-order valence-electron chi connectivity index (χ4n) is 14.0. The molecule has 0 aliphatic carbocycles. The highest BCUT2D eigenvalue weighted by molar-refractivity contribution is 6.10. The maximum atomic E-state index is 15.4. The van der Waals surface area contributed by atoms with Gasteiger partial charge in [0.2, 0.25) is 59.3 Å². The van der Waals surface area contributed by atoms with Gasteiger partial charge in [0, 0.05) is 33.9 Å². The van der Waals surface area contributed by atoms with E-state index in [1.165, 1.54) is 0 Å². The summed E-state index contributed by atoms with van der Waals surface area (Å²) < 4.78 is 74.6. The average Bonchev–Trinajstić information content (AvgIpc) is 1.22. The molecule has 698 valence electrons. The quantitative estimate of drug-likeness (QED) is 0.0409. The van der Waals surface area contributed by atoms with Crippen molar-refractivity contribution >= 4 is 59.7 Å². The van der Waals surface area contributed by atoms with Crippen molar-refractivity contribution in [1.29, 1.82) is 0 Å². The third-order valence-electron chi connectivity index (χ3n) is 20.7. The average molecular weight is 1870 g/mol. The largest absolute Gasteiger partial charge is 0.508 e. The molecule has 10 aromatic carbocycles. The zero-order valence-corrected chi connectivity index (χ0v) is 66.3. The molecule has 4 aliphatic heterocycles. The number of phenolic OH excluding ortho intramolecular Hbond substituents is 28. The molecule has 0 radical (unpaired) electrons. The molecule has 0 bridgehead atoms. The Balaban J connectivity index is 0.880. The predicted molar refractivity (Wildman–Crippen MR) is 418 cm³/mol. The zero-order chi connectivity index (χ0) is 97.7. The molecular weight excluding hydrogens is 1810 g/mol. The van der Waals surface area contributed by atoms with Crippen LogP contribution in [0.15, 0.2) is 91.0 Å². The van der Waals surface area contributed by atoms with Crippen molar-refractivity contribution in [2.45, 2.75) is 68.3 Å². The first-order valence-electron chi connectivity index (χ1n) is 37.3. The van der Waals surface area contributed by atoms with E-state index in [2.05, 4.69) is 0 Å². The molecule has 4 heterocycles. The van der Waals surface area contributed by atoms with Crippen LogP contribution >= 0.6 is 0 Å². The van der Waals surface area contributed by atoms with Gasteiger partial charge in [-0.1, -0.05) is 0 Å². The van der Waals surface area contributed by atoms with Gasteiger partial charge in [0.15, 0.2) is 151 Å². The van der Waals surface area contributed by atoms with Gasteiger partial charge in [0.25, 0.3) is 0 Å². The highest BCUT2D eigenvalue weighted by Gasteiger charge is 2.58. The van der Waals surface area contributed by atoms with Crippen molar-refractivity contribution in [1.82, 2.24) is 0 Å². The minimum atomic E-state index is -3.07. The first kappa shape index (κ1) is 91.2. The fourth-order valence-corrected chi connectivity index (χ4v) is 14.0. The molecule has 4 aliphatic rings. The predicted octanol–water partition coefficient (Wildman–Crippen LogP) is 4.34. The van der Waals surface area contributed by atoms with E-state index in [0.717, 1.165) is 6.92 Å². The topological polar surface area (TPSA) is 857 Å². The number of phenols is 28. The second-order valence-corrected chi connectivity index (χ2v) is 29.0. The van der Waals surface area contributed by atoms with E-state index in [1.807, 2.05) is 0 Å². The number of hydrogen-bond acceptors (Lipinski definition) is 51. The number of carbonyl (C=O) groups excluding carboxylic acids is 10. The zero-order valence-electron chi connectivity index (χ0n) is 66.3. The van der Waals surface area contributed by atoms with Gasteiger partial charge in [-0.15, -0.1) is 0 Å². The summed E-state index contributed by atoms with van der Waals surface area (Å²) in [4.78, 5) is 148. The van der Waals surface area contributed by atoms with Gasteiger partial charge in [-0.25, -0.2) is 47.9 Å². The van der Waals surface area contributed by atoms with Gasteiger partial charge in [-0.2, -0.15) is 0 Å². The highest BCUT2D eigenvalue weighted by atomic mass is 16.8. The van der Waals surface area contributed by atoms with Crippen LogP contribution in [0.25, 0.3) is 22.3 Å². The van der Waals surface area contributed by atoms with Crippen molar-refractivity contribution < 1.29 is 253 Å². The van der Waals surface area contributed by atoms with Crippen LogP contribution in [-0.4, -0.2) is 277 Å². The number of esters is 10. The first-order chi connectivity index (χ1) is 63.0. The summed E-state index contributed by atoms with van der Waals surface area (Å²) in [6.07, 6.45) is -28.3. The molecule has 10 aromatic rings. The standard InChI is InChI=1S/C83H60O51/c1-19-30(84)12-27-47(51(19)98)48-25(13-40(94)57(104)61(48)108)77(117)122-18-46-67(127-79(27)119)69(130-73(113)21-4-33(87)53(100)34(88)5-21)71(132-75(115)23-8-37(91)55(102)38(92)9-23)83(126-46)134-81(121)29-16-43(97)60(107)64(111)65(29)124-44-11-24(10-39(93)56(44)103)76(116)133-82-70(131-74(114)22-6-35(89)54(101)36(90)7-22)68(129-72(112)20-2-31(85)52(99)32(86)3-20)66-45(125-82)17-123-78(118)26-14-41(95)58(105)62(109)49(26)50-28(80(120)128-66)15-42(96)59(106)63(50)110/h2-16,45-46,66-71,82-111H,17-18H2,1H3. The van der Waals surface area contributed by atoms with Crippen LogP contribution in [0.3, 0.4) is 0 Å². The smallest absolute Gasteiger partial charge is 0.344 e. The summed E-state index contributed by atoms with van der Waals surface area (Å²) in [6.45, 7) is -2.08. The van der Waals surface area contributed by atoms with Crippen LogP contribution < -0.4 is 4.74 Å². The maximum absolute atomic E-state index is 15.4. The number of fused-ring (bicyclic) bond motifs is 8. The van der Waals surface area contributed by atoms with Crippen molar-refractivity contribution in [2.75, 3.05) is 13.2 Å². The van der Waals surface area contributed by atoms with Gasteiger partial charge in [0.05, 0.1) is 50.1 Å². The Labute approximate surface area is 738 Å². The van der Waals surface area contributed by atoms with Gasteiger partial charge < -0.3 is 205 Å². The van der Waals surface area contributed by atoms with Gasteiger partial charge >= 0.3 is 59.7 Å². The normalized spacial score (nSPS) is 19.1. The lowest BCUT2D eigenvalue weighted by Gasteiger charge is -2.43. The van der Waals surface area contributed by atoms with E-state index in [0.29, 0.717) is 66.7 Å². The summed E-state index contributed by atoms with van der Waals surface area (Å²) in [6, 6.07) is 5.32. The molecule has 0 aromatic heterocycles. The third-order valence-corrected chi connectivity index (χ3v) is 20.7. The van der Waals surface area contributed by atoms with Crippen molar-refractivity contribution in [3.05, 3.63) is 152 Å². The molecule has 2 fully saturated rings. The van der Waals surface area contributed by atoms with Gasteiger partial charge in [-0.05, 0) is 91.9 Å². The van der Waals surface area contributed by atoms with Gasteiger partial charge in [-0.3, -0.25) is 0 Å². The van der Waals surface area contributed by atoms with Crippen molar-refractivity contribution in [3.63, 3.8) is 0 Å². The Morgan fingerprint density at radius 3 is 0.873 bits per heavy atom. The Morgan fingerprint density at radius 1 is 0.269 bits per heavy atom. The highest BCUT2D eigenvalue weighted by Crippen LogP contribution is 2.57. The van der Waals surface area contributed by atoms with E-state index in [-0.39, 0.29) is 24.3 Å². The fraction of sp³-hybridized carbons (Fsp3) is 0.157. The Hall–Kier alpha value is -19.0. The molecule has 0 amide bonds. The molecule has 0 spiro atoms. The summed E-state index contributed by atoms with van der Waals surface area (Å²) in [5.41, 5.74) is -16.8. The summed E-state index contributed by atoms with van der Waals surface area (Å²) >= 11 is 0. The van der Waals surface area contributed by atoms with Crippen molar-refractivity contribution in [2.24, 2.45) is 0 Å². The number of hydrogen-bond donors (Lipinski definition) is 28. The summed E-state index contributed by atoms with van der Waals surface area (Å²) in [7, 11) is 0. The molecule has 10 unspecified atom stereocenters. The Bertz CT molecular complexity index is 6660. The lowest BCUT2D eigenvalue weighted by molar-refractivity contribution is -0.282. The number of carbonyl (C=O) groups is 10. The molecule has 28 N–H and O–H groups in total. The van der Waals surface area contributed by atoms with Crippen LogP contribution in [-0.2, 0) is 56.8 Å². The Kier molecular flexibility index (Phi) is 23.4. The summed E-state index contributed by atoms with van der Waals surface area (Å²) in [5.74, 6) is -62.0. The number of benzene rings is 10.